The highest BCUT2D eigenvalue weighted by Crippen LogP contribution is 2.23. The zero-order valence-corrected chi connectivity index (χ0v) is 6.86. The topological polar surface area (TPSA) is 93.1 Å². The van der Waals surface area contributed by atoms with Crippen molar-refractivity contribution in [2.75, 3.05) is 6.61 Å². The second kappa shape index (κ2) is 3.71. The fraction of sp³-hybridized carbons (Fsp3) is 0.714. The van der Waals surface area contributed by atoms with E-state index in [4.69, 9.17) is 5.11 Å². The van der Waals surface area contributed by atoms with Gasteiger partial charge in [-0.1, -0.05) is 0 Å². The van der Waals surface area contributed by atoms with E-state index >= 15 is 0 Å². The molecule has 0 unspecified atom stereocenters. The van der Waals surface area contributed by atoms with E-state index in [1.807, 2.05) is 0 Å². The SMILES string of the molecule is O=C1OC(O)(CCCCO)OC1=O. The second-order valence-corrected chi connectivity index (χ2v) is 2.67. The summed E-state index contributed by atoms with van der Waals surface area (Å²) in [6.45, 7) is -0.0298. The van der Waals surface area contributed by atoms with Gasteiger partial charge in [0.2, 0.25) is 0 Å². The molecule has 0 saturated carbocycles. The molecule has 1 heterocycles. The van der Waals surface area contributed by atoms with Gasteiger partial charge in [-0.15, -0.1) is 0 Å². The molecule has 0 aromatic heterocycles. The van der Waals surface area contributed by atoms with Gasteiger partial charge >= 0.3 is 17.9 Å². The average molecular weight is 190 g/mol. The monoisotopic (exact) mass is 190 g/mol. The van der Waals surface area contributed by atoms with Crippen LogP contribution < -0.4 is 0 Å². The molecule has 1 rings (SSSR count). The Morgan fingerprint density at radius 2 is 1.69 bits per heavy atom. The molecule has 0 spiro atoms. The van der Waals surface area contributed by atoms with Crippen molar-refractivity contribution in [1.82, 2.24) is 0 Å². The Morgan fingerprint density at radius 1 is 1.15 bits per heavy atom. The van der Waals surface area contributed by atoms with E-state index in [-0.39, 0.29) is 13.0 Å². The van der Waals surface area contributed by atoms with Crippen LogP contribution in [0.1, 0.15) is 19.3 Å². The molecule has 0 aliphatic carbocycles. The third kappa shape index (κ3) is 2.40. The van der Waals surface area contributed by atoms with Crippen LogP contribution in [0.3, 0.4) is 0 Å². The average Bonchev–Trinajstić information content (AvgIpc) is 2.27. The van der Waals surface area contributed by atoms with Crippen molar-refractivity contribution >= 4 is 11.9 Å². The normalized spacial score (nSPS) is 19.8. The van der Waals surface area contributed by atoms with E-state index in [0.29, 0.717) is 12.8 Å². The molecule has 13 heavy (non-hydrogen) atoms. The smallest absolute Gasteiger partial charge is 0.396 e. The summed E-state index contributed by atoms with van der Waals surface area (Å²) in [7, 11) is 0. The Kier molecular flexibility index (Phi) is 2.84. The molecule has 6 heteroatoms. The van der Waals surface area contributed by atoms with Crippen LogP contribution in [0.4, 0.5) is 0 Å². The number of unbranched alkanes of at least 4 members (excludes halogenated alkanes) is 1. The number of aliphatic hydroxyl groups excluding tert-OH is 1. The van der Waals surface area contributed by atoms with Gasteiger partial charge in [0, 0.05) is 6.61 Å². The Bertz CT molecular complexity index is 207. The van der Waals surface area contributed by atoms with Crippen molar-refractivity contribution in [2.45, 2.75) is 25.2 Å². The molecule has 0 amide bonds. The number of rotatable bonds is 4. The third-order valence-corrected chi connectivity index (χ3v) is 1.57. The first-order chi connectivity index (χ1) is 6.07. The van der Waals surface area contributed by atoms with Crippen LogP contribution in [-0.2, 0) is 19.1 Å². The van der Waals surface area contributed by atoms with Crippen molar-refractivity contribution in [3.05, 3.63) is 0 Å². The van der Waals surface area contributed by atoms with E-state index in [1.165, 1.54) is 0 Å². The van der Waals surface area contributed by atoms with Gasteiger partial charge in [0.25, 0.3) is 0 Å². The summed E-state index contributed by atoms with van der Waals surface area (Å²) < 4.78 is 8.54. The van der Waals surface area contributed by atoms with Gasteiger partial charge < -0.3 is 19.7 Å². The number of hydrogen-bond donors (Lipinski definition) is 2. The van der Waals surface area contributed by atoms with Gasteiger partial charge in [-0.2, -0.15) is 0 Å². The van der Waals surface area contributed by atoms with E-state index in [2.05, 4.69) is 9.47 Å². The molecule has 0 bridgehead atoms. The quantitative estimate of drug-likeness (QED) is 0.332. The Labute approximate surface area is 74.1 Å². The lowest BCUT2D eigenvalue weighted by atomic mass is 10.2. The van der Waals surface area contributed by atoms with Crippen LogP contribution in [0.5, 0.6) is 0 Å². The molecule has 0 atom stereocenters. The lowest BCUT2D eigenvalue weighted by Crippen LogP contribution is -2.30. The van der Waals surface area contributed by atoms with E-state index in [1.54, 1.807) is 0 Å². The highest BCUT2D eigenvalue weighted by molar-refractivity contribution is 6.31. The van der Waals surface area contributed by atoms with Crippen LogP contribution >= 0.6 is 0 Å². The van der Waals surface area contributed by atoms with Crippen molar-refractivity contribution in [2.24, 2.45) is 0 Å². The lowest BCUT2D eigenvalue weighted by Gasteiger charge is -2.17. The van der Waals surface area contributed by atoms with Crippen LogP contribution in [0.2, 0.25) is 0 Å². The predicted octanol–water partition coefficient (Wildman–Crippen LogP) is -1.10. The first-order valence-electron chi connectivity index (χ1n) is 3.87. The van der Waals surface area contributed by atoms with Gasteiger partial charge in [0.05, 0.1) is 6.42 Å². The molecule has 74 valence electrons. The van der Waals surface area contributed by atoms with Crippen molar-refractivity contribution in [3.8, 4) is 0 Å². The minimum Gasteiger partial charge on any atom is -0.396 e. The Morgan fingerprint density at radius 3 is 2.15 bits per heavy atom. The Hall–Kier alpha value is -1.14. The minimum absolute atomic E-state index is 0.0228. The van der Waals surface area contributed by atoms with Crippen LogP contribution in [0.15, 0.2) is 0 Å². The van der Waals surface area contributed by atoms with E-state index in [0.717, 1.165) is 0 Å². The number of aliphatic hydroxyl groups is 2. The highest BCUT2D eigenvalue weighted by Gasteiger charge is 2.46. The third-order valence-electron chi connectivity index (χ3n) is 1.57. The number of esters is 2. The van der Waals surface area contributed by atoms with Crippen LogP contribution in [-0.4, -0.2) is 34.7 Å². The fourth-order valence-electron chi connectivity index (χ4n) is 0.956. The molecule has 1 aliphatic heterocycles. The molecular formula is C7H10O6. The maximum absolute atomic E-state index is 10.5. The van der Waals surface area contributed by atoms with Crippen molar-refractivity contribution < 1.29 is 29.3 Å². The largest absolute Gasteiger partial charge is 0.422 e. The first-order valence-corrected chi connectivity index (χ1v) is 3.87. The lowest BCUT2D eigenvalue weighted by molar-refractivity contribution is -0.295. The molecule has 0 aromatic rings. The maximum Gasteiger partial charge on any atom is 0.422 e. The molecule has 2 N–H and O–H groups in total. The maximum atomic E-state index is 10.5. The molecule has 0 radical (unpaired) electrons. The zero-order valence-electron chi connectivity index (χ0n) is 6.86. The molecule has 0 aromatic carbocycles. The van der Waals surface area contributed by atoms with Crippen LogP contribution in [0.25, 0.3) is 0 Å². The van der Waals surface area contributed by atoms with Gasteiger partial charge in [-0.05, 0) is 12.8 Å². The second-order valence-electron chi connectivity index (χ2n) is 2.67. The summed E-state index contributed by atoms with van der Waals surface area (Å²) in [5, 5.41) is 17.7. The van der Waals surface area contributed by atoms with Crippen LogP contribution in [0, 0.1) is 0 Å². The van der Waals surface area contributed by atoms with Crippen molar-refractivity contribution in [3.63, 3.8) is 0 Å². The van der Waals surface area contributed by atoms with Gasteiger partial charge in [-0.3, -0.25) is 0 Å². The highest BCUT2D eigenvalue weighted by atomic mass is 16.9. The zero-order chi connectivity index (χ0) is 9.90. The van der Waals surface area contributed by atoms with E-state index < -0.39 is 17.9 Å². The van der Waals surface area contributed by atoms with Gasteiger partial charge in [0.15, 0.2) is 0 Å². The molecule has 1 aliphatic rings. The van der Waals surface area contributed by atoms with Gasteiger partial charge in [-0.25, -0.2) is 9.59 Å². The number of carbonyl (C=O) groups is 2. The summed E-state index contributed by atoms with van der Waals surface area (Å²) in [6.07, 6.45) is 0.815. The standard InChI is InChI=1S/C7H10O6/c8-4-2-1-3-7(11)12-5(9)6(10)13-7/h8,11H,1-4H2. The summed E-state index contributed by atoms with van der Waals surface area (Å²) in [5.74, 6) is -4.50. The Balaban J connectivity index is 2.40. The number of cyclic esters (lactones) is 2. The minimum atomic E-state index is -2.12. The van der Waals surface area contributed by atoms with Crippen molar-refractivity contribution in [1.29, 1.82) is 0 Å². The number of hydrogen-bond acceptors (Lipinski definition) is 6. The fourth-order valence-corrected chi connectivity index (χ4v) is 0.956. The number of carbonyl (C=O) groups excluding carboxylic acids is 2. The summed E-state index contributed by atoms with van der Waals surface area (Å²) in [5.41, 5.74) is 0. The predicted molar refractivity (Wildman–Crippen MR) is 38.1 cm³/mol. The summed E-state index contributed by atoms with van der Waals surface area (Å²) in [6, 6.07) is 0. The molecular weight excluding hydrogens is 180 g/mol. The summed E-state index contributed by atoms with van der Waals surface area (Å²) in [4.78, 5) is 21.0. The molecule has 1 fully saturated rings. The number of ether oxygens (including phenoxy) is 2. The molecule has 6 nitrogen and oxygen atoms in total. The van der Waals surface area contributed by atoms with Gasteiger partial charge in [0.1, 0.15) is 0 Å². The summed E-state index contributed by atoms with van der Waals surface area (Å²) >= 11 is 0. The molecule has 1 saturated heterocycles. The first kappa shape index (κ1) is 9.94. The van der Waals surface area contributed by atoms with E-state index in [9.17, 15) is 14.7 Å².